The molecule has 100 valence electrons. The zero-order chi connectivity index (χ0) is 14.2. The van der Waals surface area contributed by atoms with Crippen molar-refractivity contribution < 1.29 is 23.2 Å². The third-order valence-electron chi connectivity index (χ3n) is 2.42. The van der Waals surface area contributed by atoms with Crippen molar-refractivity contribution in [2.45, 2.75) is 11.3 Å². The van der Waals surface area contributed by atoms with Gasteiger partial charge in [0.05, 0.1) is 22.4 Å². The number of sulfone groups is 1. The number of fused-ring (bicyclic) bond motifs is 1. The molecule has 1 aliphatic rings. The number of non-ortho nitro benzene ring substituents is 1. The number of nitrogens with zero attached hydrogens (tertiary/aromatic N) is 1. The molecular weight excluding hydrogens is 276 g/mol. The van der Waals surface area contributed by atoms with Crippen LogP contribution >= 0.6 is 0 Å². The Morgan fingerprint density at radius 1 is 1.42 bits per heavy atom. The van der Waals surface area contributed by atoms with Crippen molar-refractivity contribution in [1.82, 2.24) is 0 Å². The first kappa shape index (κ1) is 13.0. The van der Waals surface area contributed by atoms with Gasteiger partial charge in [-0.15, -0.1) is 0 Å². The van der Waals surface area contributed by atoms with Gasteiger partial charge < -0.3 is 10.4 Å². The Bertz CT molecular complexity index is 707. The molecule has 0 saturated heterocycles. The lowest BCUT2D eigenvalue weighted by atomic mass is 10.2. The largest absolute Gasteiger partial charge is 0.481 e. The van der Waals surface area contributed by atoms with Gasteiger partial charge in [-0.2, -0.15) is 0 Å². The van der Waals surface area contributed by atoms with Gasteiger partial charge in [-0.1, -0.05) is 0 Å². The Kier molecular flexibility index (Phi) is 2.98. The molecule has 0 saturated carbocycles. The van der Waals surface area contributed by atoms with Crippen molar-refractivity contribution in [3.05, 3.63) is 39.4 Å². The minimum absolute atomic E-state index is 0.00820. The molecule has 0 amide bonds. The molecule has 0 aliphatic carbocycles. The number of carboxylic acids is 1. The Morgan fingerprint density at radius 2 is 2.11 bits per heavy atom. The number of hydrogen-bond acceptors (Lipinski definition) is 6. The van der Waals surface area contributed by atoms with Crippen LogP contribution in [0.3, 0.4) is 0 Å². The zero-order valence-corrected chi connectivity index (χ0v) is 10.2. The number of rotatable bonds is 3. The molecule has 0 spiro atoms. The summed E-state index contributed by atoms with van der Waals surface area (Å²) in [6.07, 6.45) is -0.477. The number of aliphatic carboxylic acids is 1. The lowest BCUT2D eigenvalue weighted by molar-refractivity contribution is -0.385. The third kappa shape index (κ3) is 2.55. The molecule has 8 nitrogen and oxygen atoms in total. The Labute approximate surface area is 107 Å². The molecule has 0 atom stereocenters. The summed E-state index contributed by atoms with van der Waals surface area (Å²) in [6, 6.07) is 3.32. The van der Waals surface area contributed by atoms with E-state index in [1.54, 1.807) is 0 Å². The minimum Gasteiger partial charge on any atom is -0.481 e. The predicted molar refractivity (Wildman–Crippen MR) is 64.2 cm³/mol. The van der Waals surface area contributed by atoms with Gasteiger partial charge in [-0.3, -0.25) is 14.9 Å². The summed E-state index contributed by atoms with van der Waals surface area (Å²) in [5.41, 5.74) is -0.211. The second kappa shape index (κ2) is 4.35. The van der Waals surface area contributed by atoms with Crippen molar-refractivity contribution >= 4 is 27.2 Å². The highest BCUT2D eigenvalue weighted by molar-refractivity contribution is 7.94. The quantitative estimate of drug-likeness (QED) is 0.628. The fraction of sp³-hybridized carbons (Fsp3) is 0.100. The van der Waals surface area contributed by atoms with E-state index in [4.69, 9.17) is 5.11 Å². The fourth-order valence-electron chi connectivity index (χ4n) is 1.67. The summed E-state index contributed by atoms with van der Waals surface area (Å²) < 4.78 is 23.8. The summed E-state index contributed by atoms with van der Waals surface area (Å²) in [6.45, 7) is 0. The number of hydrogen-bond donors (Lipinski definition) is 2. The summed E-state index contributed by atoms with van der Waals surface area (Å²) in [4.78, 5) is 20.2. The van der Waals surface area contributed by atoms with Gasteiger partial charge in [0.1, 0.15) is 4.90 Å². The molecule has 1 aromatic carbocycles. The number of benzene rings is 1. The van der Waals surface area contributed by atoms with Gasteiger partial charge in [0, 0.05) is 17.8 Å². The number of anilines is 1. The maximum absolute atomic E-state index is 11.9. The van der Waals surface area contributed by atoms with Crippen molar-refractivity contribution in [2.24, 2.45) is 0 Å². The van der Waals surface area contributed by atoms with Crippen LogP contribution in [0.5, 0.6) is 0 Å². The van der Waals surface area contributed by atoms with Crippen LogP contribution in [0.1, 0.15) is 6.42 Å². The van der Waals surface area contributed by atoms with Gasteiger partial charge in [0.15, 0.2) is 0 Å². The summed E-state index contributed by atoms with van der Waals surface area (Å²) in [5.74, 6) is -1.18. The number of carbonyl (C=O) groups is 1. The van der Waals surface area contributed by atoms with E-state index in [1.807, 2.05) is 0 Å². The topological polar surface area (TPSA) is 127 Å². The third-order valence-corrected chi connectivity index (χ3v) is 3.96. The molecule has 19 heavy (non-hydrogen) atoms. The molecule has 1 aromatic rings. The number of nitro groups is 1. The second-order valence-corrected chi connectivity index (χ2v) is 5.59. The molecule has 0 bridgehead atoms. The van der Waals surface area contributed by atoms with Crippen molar-refractivity contribution in [1.29, 1.82) is 0 Å². The SMILES string of the molecule is O=C(O)CC1=CS(=O)(=O)c2cc([N+](=O)[O-])ccc2N1. The van der Waals surface area contributed by atoms with Crippen LogP contribution in [0.2, 0.25) is 0 Å². The first-order valence-electron chi connectivity index (χ1n) is 5.02. The van der Waals surface area contributed by atoms with E-state index in [-0.39, 0.29) is 22.0 Å². The zero-order valence-electron chi connectivity index (χ0n) is 9.36. The van der Waals surface area contributed by atoms with Gasteiger partial charge in [0.25, 0.3) is 5.69 Å². The van der Waals surface area contributed by atoms with Crippen LogP contribution in [0.15, 0.2) is 34.2 Å². The second-order valence-electron chi connectivity index (χ2n) is 3.82. The Hall–Kier alpha value is -2.42. The number of nitrogens with one attached hydrogen (secondary N) is 1. The van der Waals surface area contributed by atoms with Gasteiger partial charge in [0.2, 0.25) is 9.84 Å². The normalized spacial score (nSPS) is 15.9. The molecule has 9 heteroatoms. The Balaban J connectivity index is 2.51. The van der Waals surface area contributed by atoms with E-state index >= 15 is 0 Å². The molecule has 0 fully saturated rings. The highest BCUT2D eigenvalue weighted by atomic mass is 32.2. The van der Waals surface area contributed by atoms with Crippen LogP contribution in [-0.2, 0) is 14.6 Å². The van der Waals surface area contributed by atoms with E-state index < -0.39 is 27.2 Å². The highest BCUT2D eigenvalue weighted by Gasteiger charge is 2.26. The van der Waals surface area contributed by atoms with Crippen molar-refractivity contribution in [3.63, 3.8) is 0 Å². The number of nitro benzene ring substituents is 1. The summed E-state index contributed by atoms with van der Waals surface area (Å²) in [7, 11) is -3.89. The van der Waals surface area contributed by atoms with E-state index in [9.17, 15) is 23.3 Å². The summed E-state index contributed by atoms with van der Waals surface area (Å²) >= 11 is 0. The van der Waals surface area contributed by atoms with E-state index in [2.05, 4.69) is 5.32 Å². The van der Waals surface area contributed by atoms with E-state index in [0.717, 1.165) is 17.5 Å². The van der Waals surface area contributed by atoms with Crippen LogP contribution < -0.4 is 5.32 Å². The monoisotopic (exact) mass is 284 g/mol. The van der Waals surface area contributed by atoms with E-state index in [0.29, 0.717) is 0 Å². The maximum atomic E-state index is 11.9. The van der Waals surface area contributed by atoms with Crippen molar-refractivity contribution in [2.75, 3.05) is 5.32 Å². The lowest BCUT2D eigenvalue weighted by Gasteiger charge is -2.17. The maximum Gasteiger partial charge on any atom is 0.309 e. The van der Waals surface area contributed by atoms with Crippen molar-refractivity contribution in [3.8, 4) is 0 Å². The van der Waals surface area contributed by atoms with Gasteiger partial charge >= 0.3 is 5.97 Å². The number of carboxylic acid groups (broad SMARTS) is 1. The highest BCUT2D eigenvalue weighted by Crippen LogP contribution is 2.33. The standard InChI is InChI=1S/C10H8N2O6S/c13-10(14)3-6-5-19(17,18)9-4-7(12(15)16)1-2-8(9)11-6/h1-2,4-5,11H,3H2,(H,13,14). The average Bonchev–Trinajstić information content (AvgIpc) is 2.26. The molecule has 2 N–H and O–H groups in total. The van der Waals surface area contributed by atoms with Crippen LogP contribution in [0.4, 0.5) is 11.4 Å². The molecule has 0 radical (unpaired) electrons. The molecule has 1 heterocycles. The van der Waals surface area contributed by atoms with Gasteiger partial charge in [-0.25, -0.2) is 8.42 Å². The first-order chi connectivity index (χ1) is 8.79. The molecule has 1 aliphatic heterocycles. The van der Waals surface area contributed by atoms with Crippen LogP contribution in [-0.4, -0.2) is 24.4 Å². The minimum atomic E-state index is -3.89. The molecule has 0 aromatic heterocycles. The molecule has 0 unspecified atom stereocenters. The molecule has 2 rings (SSSR count). The van der Waals surface area contributed by atoms with Crippen LogP contribution in [0, 0.1) is 10.1 Å². The van der Waals surface area contributed by atoms with Crippen LogP contribution in [0.25, 0.3) is 0 Å². The fourth-order valence-corrected chi connectivity index (χ4v) is 3.02. The molecular formula is C10H8N2O6S. The lowest BCUT2D eigenvalue weighted by Crippen LogP contribution is -2.16. The average molecular weight is 284 g/mol. The summed E-state index contributed by atoms with van der Waals surface area (Å²) in [5, 5.41) is 22.6. The predicted octanol–water partition coefficient (Wildman–Crippen LogP) is 1.11. The first-order valence-corrected chi connectivity index (χ1v) is 6.57. The van der Waals surface area contributed by atoms with Gasteiger partial charge in [-0.05, 0) is 6.07 Å². The van der Waals surface area contributed by atoms with E-state index in [1.165, 1.54) is 6.07 Å². The Morgan fingerprint density at radius 3 is 2.68 bits per heavy atom. The smallest absolute Gasteiger partial charge is 0.309 e.